The van der Waals surface area contributed by atoms with Gasteiger partial charge in [-0.3, -0.25) is 9.59 Å². The van der Waals surface area contributed by atoms with Crippen molar-refractivity contribution in [2.24, 2.45) is 5.73 Å². The number of alkyl halides is 3. The number of nitrogens with one attached hydrogen (secondary N) is 2. The maximum absolute atomic E-state index is 12.9. The van der Waals surface area contributed by atoms with Gasteiger partial charge in [-0.15, -0.1) is 0 Å². The SMILES string of the molecule is NCc1cc(NC(=O)CCCNC(=O)c2ccc(F)cc2)cc(C(F)(F)F)c1. The van der Waals surface area contributed by atoms with Gasteiger partial charge in [0.05, 0.1) is 5.56 Å². The summed E-state index contributed by atoms with van der Waals surface area (Å²) in [5, 5.41) is 4.98. The molecule has 5 nitrogen and oxygen atoms in total. The van der Waals surface area contributed by atoms with E-state index in [1.54, 1.807) is 0 Å². The van der Waals surface area contributed by atoms with Crippen LogP contribution in [0.25, 0.3) is 0 Å². The van der Waals surface area contributed by atoms with Crippen molar-refractivity contribution in [3.63, 3.8) is 0 Å². The van der Waals surface area contributed by atoms with E-state index in [1.807, 2.05) is 0 Å². The highest BCUT2D eigenvalue weighted by atomic mass is 19.4. The Kier molecular flexibility index (Phi) is 7.11. The van der Waals surface area contributed by atoms with E-state index in [0.29, 0.717) is 0 Å². The largest absolute Gasteiger partial charge is 0.416 e. The second kappa shape index (κ2) is 9.32. The lowest BCUT2D eigenvalue weighted by atomic mass is 10.1. The third-order valence-corrected chi connectivity index (χ3v) is 3.81. The lowest BCUT2D eigenvalue weighted by molar-refractivity contribution is -0.137. The fourth-order valence-electron chi connectivity index (χ4n) is 2.42. The Labute approximate surface area is 158 Å². The van der Waals surface area contributed by atoms with Gasteiger partial charge in [0.15, 0.2) is 0 Å². The average molecular weight is 397 g/mol. The zero-order valence-corrected chi connectivity index (χ0v) is 14.8. The van der Waals surface area contributed by atoms with Crippen LogP contribution in [-0.4, -0.2) is 18.4 Å². The Morgan fingerprint density at radius 2 is 1.71 bits per heavy atom. The van der Waals surface area contributed by atoms with Crippen molar-refractivity contribution in [1.82, 2.24) is 5.32 Å². The van der Waals surface area contributed by atoms with Gasteiger partial charge in [0.25, 0.3) is 5.91 Å². The molecule has 0 unspecified atom stereocenters. The first-order chi connectivity index (χ1) is 13.2. The Balaban J connectivity index is 1.84. The molecule has 9 heteroatoms. The molecule has 2 rings (SSSR count). The maximum Gasteiger partial charge on any atom is 0.416 e. The van der Waals surface area contributed by atoms with Gasteiger partial charge in [0.1, 0.15) is 5.82 Å². The predicted octanol–water partition coefficient (Wildman–Crippen LogP) is 3.45. The van der Waals surface area contributed by atoms with E-state index in [0.717, 1.165) is 24.3 Å². The maximum atomic E-state index is 12.9. The molecule has 28 heavy (non-hydrogen) atoms. The van der Waals surface area contributed by atoms with E-state index in [2.05, 4.69) is 10.6 Å². The third-order valence-electron chi connectivity index (χ3n) is 3.81. The first-order valence-electron chi connectivity index (χ1n) is 8.44. The number of halogens is 4. The van der Waals surface area contributed by atoms with Gasteiger partial charge in [-0.05, 0) is 54.4 Å². The van der Waals surface area contributed by atoms with Gasteiger partial charge in [-0.25, -0.2) is 4.39 Å². The van der Waals surface area contributed by atoms with Crippen LogP contribution < -0.4 is 16.4 Å². The molecule has 2 amide bonds. The standard InChI is InChI=1S/C19H19F4N3O2/c20-15-5-3-13(4-6-15)18(28)25-7-1-2-17(27)26-16-9-12(11-24)8-14(10-16)19(21,22)23/h3-6,8-10H,1-2,7,11,24H2,(H,25,28)(H,26,27). The minimum absolute atomic E-state index is 0.00208. The first-order valence-corrected chi connectivity index (χ1v) is 8.44. The van der Waals surface area contributed by atoms with Crippen molar-refractivity contribution < 1.29 is 27.2 Å². The van der Waals surface area contributed by atoms with E-state index in [1.165, 1.54) is 18.2 Å². The summed E-state index contributed by atoms with van der Waals surface area (Å²) < 4.78 is 51.5. The Hall–Kier alpha value is -2.94. The molecule has 4 N–H and O–H groups in total. The second-order valence-electron chi connectivity index (χ2n) is 6.04. The smallest absolute Gasteiger partial charge is 0.352 e. The molecule has 0 saturated carbocycles. The minimum Gasteiger partial charge on any atom is -0.352 e. The molecule has 0 bridgehead atoms. The average Bonchev–Trinajstić information content (AvgIpc) is 2.64. The number of benzene rings is 2. The Morgan fingerprint density at radius 1 is 1.04 bits per heavy atom. The summed E-state index contributed by atoms with van der Waals surface area (Å²) in [6.45, 7) is 0.0858. The van der Waals surface area contributed by atoms with Crippen molar-refractivity contribution >= 4 is 17.5 Å². The van der Waals surface area contributed by atoms with Crippen molar-refractivity contribution in [1.29, 1.82) is 0 Å². The number of anilines is 1. The highest BCUT2D eigenvalue weighted by Crippen LogP contribution is 2.32. The van der Waals surface area contributed by atoms with Gasteiger partial charge < -0.3 is 16.4 Å². The van der Waals surface area contributed by atoms with E-state index in [-0.39, 0.29) is 42.7 Å². The molecule has 0 heterocycles. The number of hydrogen-bond acceptors (Lipinski definition) is 3. The van der Waals surface area contributed by atoms with Crippen molar-refractivity contribution in [2.75, 3.05) is 11.9 Å². The van der Waals surface area contributed by atoms with Crippen molar-refractivity contribution in [3.05, 3.63) is 65.0 Å². The minimum atomic E-state index is -4.55. The number of rotatable bonds is 7. The van der Waals surface area contributed by atoms with Crippen molar-refractivity contribution in [3.8, 4) is 0 Å². The van der Waals surface area contributed by atoms with Crippen LogP contribution in [-0.2, 0) is 17.5 Å². The summed E-state index contributed by atoms with van der Waals surface area (Å²) in [6.07, 6.45) is -4.27. The van der Waals surface area contributed by atoms with E-state index in [4.69, 9.17) is 5.73 Å². The molecule has 0 atom stereocenters. The topological polar surface area (TPSA) is 84.2 Å². The zero-order chi connectivity index (χ0) is 20.7. The predicted molar refractivity (Wildman–Crippen MR) is 95.9 cm³/mol. The van der Waals surface area contributed by atoms with Crippen LogP contribution in [0.2, 0.25) is 0 Å². The molecule has 2 aromatic rings. The fourth-order valence-corrected chi connectivity index (χ4v) is 2.42. The molecule has 0 aromatic heterocycles. The Morgan fingerprint density at radius 3 is 2.32 bits per heavy atom. The fraction of sp³-hybridized carbons (Fsp3) is 0.263. The molecule has 150 valence electrons. The summed E-state index contributed by atoms with van der Waals surface area (Å²) in [6, 6.07) is 8.14. The van der Waals surface area contributed by atoms with E-state index >= 15 is 0 Å². The Bertz CT molecular complexity index is 836. The number of amides is 2. The van der Waals surface area contributed by atoms with Crippen LogP contribution in [0.15, 0.2) is 42.5 Å². The molecule has 0 aliphatic carbocycles. The van der Waals surface area contributed by atoms with Crippen LogP contribution in [0.5, 0.6) is 0 Å². The molecule has 0 radical (unpaired) electrons. The molecular formula is C19H19F4N3O2. The summed E-state index contributed by atoms with van der Waals surface area (Å²) in [7, 11) is 0. The molecular weight excluding hydrogens is 378 g/mol. The third kappa shape index (κ3) is 6.34. The number of carbonyl (C=O) groups excluding carboxylic acids is 2. The van der Waals surface area contributed by atoms with Gasteiger partial charge in [-0.1, -0.05) is 0 Å². The monoisotopic (exact) mass is 397 g/mol. The summed E-state index contributed by atoms with van der Waals surface area (Å²) >= 11 is 0. The number of hydrogen-bond donors (Lipinski definition) is 3. The lowest BCUT2D eigenvalue weighted by Crippen LogP contribution is -2.25. The summed E-state index contributed by atoms with van der Waals surface area (Å²) in [4.78, 5) is 23.8. The molecule has 0 aliphatic heterocycles. The van der Waals surface area contributed by atoms with E-state index in [9.17, 15) is 27.2 Å². The van der Waals surface area contributed by atoms with Gasteiger partial charge in [0.2, 0.25) is 5.91 Å². The summed E-state index contributed by atoms with van der Waals surface area (Å²) in [5.41, 5.74) is 5.05. The second-order valence-corrected chi connectivity index (χ2v) is 6.04. The van der Waals surface area contributed by atoms with Crippen LogP contribution >= 0.6 is 0 Å². The zero-order valence-electron chi connectivity index (χ0n) is 14.8. The van der Waals surface area contributed by atoms with Crippen LogP contribution in [0.3, 0.4) is 0 Å². The van der Waals surface area contributed by atoms with Crippen molar-refractivity contribution in [2.45, 2.75) is 25.6 Å². The van der Waals surface area contributed by atoms with Gasteiger partial charge in [0, 0.05) is 30.8 Å². The van der Waals surface area contributed by atoms with E-state index < -0.39 is 29.4 Å². The molecule has 0 spiro atoms. The first kappa shape index (κ1) is 21.4. The molecule has 2 aromatic carbocycles. The van der Waals surface area contributed by atoms with Gasteiger partial charge >= 0.3 is 6.18 Å². The normalized spacial score (nSPS) is 11.2. The van der Waals surface area contributed by atoms with Crippen LogP contribution in [0.1, 0.15) is 34.3 Å². The number of carbonyl (C=O) groups is 2. The van der Waals surface area contributed by atoms with Crippen LogP contribution in [0.4, 0.5) is 23.2 Å². The highest BCUT2D eigenvalue weighted by Gasteiger charge is 2.31. The highest BCUT2D eigenvalue weighted by molar-refractivity contribution is 5.94. The molecule has 0 saturated heterocycles. The molecule has 0 aliphatic rings. The quantitative estimate of drug-likeness (QED) is 0.494. The lowest BCUT2D eigenvalue weighted by Gasteiger charge is -2.12. The molecule has 0 fully saturated rings. The van der Waals surface area contributed by atoms with Gasteiger partial charge in [-0.2, -0.15) is 13.2 Å². The van der Waals surface area contributed by atoms with Crippen LogP contribution in [0, 0.1) is 5.82 Å². The number of nitrogens with two attached hydrogens (primary N) is 1. The summed E-state index contributed by atoms with van der Waals surface area (Å²) in [5.74, 6) is -1.36.